The summed E-state index contributed by atoms with van der Waals surface area (Å²) in [6.45, 7) is 7.88. The third-order valence-corrected chi connectivity index (χ3v) is 3.63. The van der Waals surface area contributed by atoms with Crippen molar-refractivity contribution in [3.05, 3.63) is 21.4 Å². The van der Waals surface area contributed by atoms with Gasteiger partial charge in [0.25, 0.3) is 0 Å². The maximum absolute atomic E-state index is 5.43. The van der Waals surface area contributed by atoms with E-state index in [1.807, 2.05) is 25.3 Å². The maximum atomic E-state index is 5.43. The smallest absolute Gasteiger partial charge is 0.0669 e. The minimum Gasteiger partial charge on any atom is -0.380 e. The number of hydrogen-bond donors (Lipinski definition) is 1. The zero-order valence-electron chi connectivity index (χ0n) is 9.39. The highest BCUT2D eigenvalue weighted by molar-refractivity contribution is 7.12. The molecule has 0 saturated carbocycles. The van der Waals surface area contributed by atoms with Crippen LogP contribution in [-0.2, 0) is 4.74 Å². The lowest BCUT2D eigenvalue weighted by Gasteiger charge is -2.13. The molecular formula is C11H19NOS. The molecule has 14 heavy (non-hydrogen) atoms. The van der Waals surface area contributed by atoms with E-state index in [9.17, 15) is 0 Å². The van der Waals surface area contributed by atoms with Gasteiger partial charge >= 0.3 is 0 Å². The molecule has 1 unspecified atom stereocenters. The highest BCUT2D eigenvalue weighted by atomic mass is 32.1. The van der Waals surface area contributed by atoms with Gasteiger partial charge in [-0.3, -0.25) is 0 Å². The average molecular weight is 213 g/mol. The predicted octanol–water partition coefficient (Wildman–Crippen LogP) is 2.66. The van der Waals surface area contributed by atoms with E-state index in [1.165, 1.54) is 15.3 Å². The summed E-state index contributed by atoms with van der Waals surface area (Å²) in [7, 11) is 1.98. The monoisotopic (exact) mass is 213 g/mol. The summed E-state index contributed by atoms with van der Waals surface area (Å²) >= 11 is 1.85. The molecule has 0 spiro atoms. The van der Waals surface area contributed by atoms with Crippen LogP contribution in [0.1, 0.15) is 28.3 Å². The first-order valence-electron chi connectivity index (χ1n) is 5.01. The van der Waals surface area contributed by atoms with Gasteiger partial charge in [-0.2, -0.15) is 0 Å². The van der Waals surface area contributed by atoms with Gasteiger partial charge < -0.3 is 10.1 Å². The summed E-state index contributed by atoms with van der Waals surface area (Å²) in [5, 5.41) is 3.28. The van der Waals surface area contributed by atoms with Gasteiger partial charge in [0.05, 0.1) is 12.6 Å². The number of likely N-dealkylation sites (N-methyl/N-ethyl adjacent to an activating group) is 1. The molecule has 0 amide bonds. The van der Waals surface area contributed by atoms with Crippen molar-refractivity contribution in [2.75, 3.05) is 20.3 Å². The van der Waals surface area contributed by atoms with Crippen molar-refractivity contribution in [2.24, 2.45) is 0 Å². The molecule has 0 radical (unpaired) electrons. The molecule has 1 rings (SSSR count). The first-order valence-corrected chi connectivity index (χ1v) is 5.82. The van der Waals surface area contributed by atoms with Crippen molar-refractivity contribution in [3.8, 4) is 0 Å². The molecule has 1 atom stereocenters. The number of aryl methyl sites for hydroxylation is 2. The van der Waals surface area contributed by atoms with Crippen molar-refractivity contribution in [2.45, 2.75) is 26.8 Å². The van der Waals surface area contributed by atoms with Crippen LogP contribution >= 0.6 is 11.3 Å². The summed E-state index contributed by atoms with van der Waals surface area (Å²) in [6.07, 6.45) is 0. The fourth-order valence-corrected chi connectivity index (χ4v) is 2.45. The fourth-order valence-electron chi connectivity index (χ4n) is 1.32. The van der Waals surface area contributed by atoms with Crippen LogP contribution in [0.15, 0.2) is 6.07 Å². The Morgan fingerprint density at radius 3 is 2.64 bits per heavy atom. The number of hydrogen-bond acceptors (Lipinski definition) is 3. The second-order valence-corrected chi connectivity index (χ2v) is 4.68. The second kappa shape index (κ2) is 5.49. The van der Waals surface area contributed by atoms with Gasteiger partial charge in [-0.25, -0.2) is 0 Å². The van der Waals surface area contributed by atoms with Crippen LogP contribution in [0.25, 0.3) is 0 Å². The molecule has 1 aromatic heterocycles. The van der Waals surface area contributed by atoms with Crippen LogP contribution in [0.5, 0.6) is 0 Å². The van der Waals surface area contributed by atoms with E-state index >= 15 is 0 Å². The summed E-state index contributed by atoms with van der Waals surface area (Å²) in [5.41, 5.74) is 1.38. The second-order valence-electron chi connectivity index (χ2n) is 3.39. The molecule has 0 aromatic carbocycles. The molecule has 0 aliphatic heterocycles. The Bertz CT molecular complexity index is 263. The Labute approximate surface area is 90.3 Å². The normalized spacial score (nSPS) is 13.1. The number of nitrogens with one attached hydrogen (secondary N) is 1. The van der Waals surface area contributed by atoms with Crippen LogP contribution < -0.4 is 5.32 Å². The number of ether oxygens (including phenoxy) is 1. The molecule has 1 heterocycles. The van der Waals surface area contributed by atoms with Crippen LogP contribution in [0.4, 0.5) is 0 Å². The predicted molar refractivity (Wildman–Crippen MR) is 62.1 cm³/mol. The molecule has 0 bridgehead atoms. The quantitative estimate of drug-likeness (QED) is 0.812. The van der Waals surface area contributed by atoms with E-state index in [1.54, 1.807) is 0 Å². The van der Waals surface area contributed by atoms with E-state index in [-0.39, 0.29) is 0 Å². The molecule has 1 aromatic rings. The standard InChI is InChI=1S/C11H19NOS/c1-5-13-7-10(12-4)11-6-8(2)9(3)14-11/h6,10,12H,5,7H2,1-4H3. The van der Waals surface area contributed by atoms with E-state index < -0.39 is 0 Å². The zero-order valence-corrected chi connectivity index (χ0v) is 10.2. The van der Waals surface area contributed by atoms with Gasteiger partial charge in [0.15, 0.2) is 0 Å². The Morgan fingerprint density at radius 1 is 1.50 bits per heavy atom. The fraction of sp³-hybridized carbons (Fsp3) is 0.636. The van der Waals surface area contributed by atoms with Crippen molar-refractivity contribution < 1.29 is 4.74 Å². The largest absolute Gasteiger partial charge is 0.380 e. The lowest BCUT2D eigenvalue weighted by molar-refractivity contribution is 0.126. The molecule has 3 heteroatoms. The molecule has 0 aliphatic rings. The highest BCUT2D eigenvalue weighted by Gasteiger charge is 2.12. The van der Waals surface area contributed by atoms with Crippen LogP contribution in [-0.4, -0.2) is 20.3 Å². The van der Waals surface area contributed by atoms with E-state index in [0.29, 0.717) is 6.04 Å². The highest BCUT2D eigenvalue weighted by Crippen LogP contribution is 2.26. The first-order chi connectivity index (χ1) is 6.69. The summed E-state index contributed by atoms with van der Waals surface area (Å²) in [5.74, 6) is 0. The summed E-state index contributed by atoms with van der Waals surface area (Å²) < 4.78 is 5.43. The average Bonchev–Trinajstić information content (AvgIpc) is 2.48. The van der Waals surface area contributed by atoms with Gasteiger partial charge in [-0.15, -0.1) is 11.3 Å². The van der Waals surface area contributed by atoms with Crippen molar-refractivity contribution in [3.63, 3.8) is 0 Å². The number of thiophene rings is 1. The summed E-state index contributed by atoms with van der Waals surface area (Å²) in [6, 6.07) is 2.59. The SMILES string of the molecule is CCOCC(NC)c1cc(C)c(C)s1. The van der Waals surface area contributed by atoms with Gasteiger partial charge in [0.1, 0.15) is 0 Å². The minimum atomic E-state index is 0.340. The minimum absolute atomic E-state index is 0.340. The Kier molecular flexibility index (Phi) is 4.58. The molecule has 80 valence electrons. The summed E-state index contributed by atoms with van der Waals surface area (Å²) in [4.78, 5) is 2.77. The Balaban J connectivity index is 2.68. The van der Waals surface area contributed by atoms with Crippen LogP contribution in [0.3, 0.4) is 0 Å². The topological polar surface area (TPSA) is 21.3 Å². The van der Waals surface area contributed by atoms with E-state index in [0.717, 1.165) is 13.2 Å². The van der Waals surface area contributed by atoms with E-state index in [2.05, 4.69) is 25.2 Å². The Hall–Kier alpha value is -0.380. The van der Waals surface area contributed by atoms with Crippen molar-refractivity contribution >= 4 is 11.3 Å². The molecule has 2 nitrogen and oxygen atoms in total. The van der Waals surface area contributed by atoms with Crippen molar-refractivity contribution in [1.82, 2.24) is 5.32 Å². The first kappa shape index (κ1) is 11.7. The number of rotatable bonds is 5. The lowest BCUT2D eigenvalue weighted by atomic mass is 10.2. The third kappa shape index (κ3) is 2.80. The molecule has 0 fully saturated rings. The molecule has 0 aliphatic carbocycles. The van der Waals surface area contributed by atoms with Crippen molar-refractivity contribution in [1.29, 1.82) is 0 Å². The Morgan fingerprint density at radius 2 is 2.21 bits per heavy atom. The molecule has 0 saturated heterocycles. The maximum Gasteiger partial charge on any atom is 0.0669 e. The van der Waals surface area contributed by atoms with Gasteiger partial charge in [-0.05, 0) is 39.4 Å². The lowest BCUT2D eigenvalue weighted by Crippen LogP contribution is -2.20. The molecule has 1 N–H and O–H groups in total. The van der Waals surface area contributed by atoms with Gasteiger partial charge in [0, 0.05) is 16.4 Å². The zero-order chi connectivity index (χ0) is 10.6. The van der Waals surface area contributed by atoms with Crippen LogP contribution in [0.2, 0.25) is 0 Å². The van der Waals surface area contributed by atoms with Crippen LogP contribution in [0, 0.1) is 13.8 Å². The third-order valence-electron chi connectivity index (χ3n) is 2.37. The van der Waals surface area contributed by atoms with Gasteiger partial charge in [-0.1, -0.05) is 0 Å². The molecular weight excluding hydrogens is 194 g/mol. The van der Waals surface area contributed by atoms with E-state index in [4.69, 9.17) is 4.74 Å². The van der Waals surface area contributed by atoms with Gasteiger partial charge in [0.2, 0.25) is 0 Å².